The topological polar surface area (TPSA) is 0 Å². The minimum Gasteiger partial charge on any atom is -0.0616 e. The molecule has 6 aromatic rings. The van der Waals surface area contributed by atoms with E-state index in [0.29, 0.717) is 0 Å². The Labute approximate surface area is 352 Å². The van der Waals surface area contributed by atoms with Gasteiger partial charge in [-0.25, -0.2) is 0 Å². The normalized spacial score (nSPS) is 10.0. The van der Waals surface area contributed by atoms with Crippen molar-refractivity contribution in [3.05, 3.63) is 212 Å². The molecule has 0 saturated carbocycles. The summed E-state index contributed by atoms with van der Waals surface area (Å²) in [6.07, 6.45) is 0. The van der Waals surface area contributed by atoms with Gasteiger partial charge in [-0.1, -0.05) is 120 Å². The third-order valence-corrected chi connectivity index (χ3v) is 8.26. The lowest BCUT2D eigenvalue weighted by Crippen LogP contribution is -1.84. The molecule has 0 nitrogen and oxygen atoms in total. The first kappa shape index (κ1) is 38.3. The van der Waals surface area contributed by atoms with E-state index in [1.165, 1.54) is 0 Å². The van der Waals surface area contributed by atoms with Crippen LogP contribution in [0, 0.1) is 142 Å². The molecule has 0 spiro atoms. The zero-order valence-electron chi connectivity index (χ0n) is 31.9. The van der Waals surface area contributed by atoms with Crippen LogP contribution < -0.4 is 0 Å². The number of hydrogen-bond acceptors (Lipinski definition) is 0. The summed E-state index contributed by atoms with van der Waals surface area (Å²) in [5.74, 6) is 71.9. The molecule has 0 aliphatic heterocycles. The summed E-state index contributed by atoms with van der Waals surface area (Å²) < 4.78 is 0. The van der Waals surface area contributed by atoms with Gasteiger partial charge in [0.1, 0.15) is 0 Å². The minimum absolute atomic E-state index is 0.776. The van der Waals surface area contributed by atoms with E-state index in [2.05, 4.69) is 142 Å². The molecule has 4 bridgehead atoms. The van der Waals surface area contributed by atoms with Gasteiger partial charge in [0, 0.05) is 66.8 Å². The van der Waals surface area contributed by atoms with Gasteiger partial charge < -0.3 is 0 Å². The molecule has 264 valence electrons. The predicted octanol–water partition coefficient (Wildman–Crippen LogP) is 8.42. The maximum Gasteiger partial charge on any atom is 0.0412 e. The Morgan fingerprint density at radius 1 is 0.150 bits per heavy atom. The summed E-state index contributed by atoms with van der Waals surface area (Å²) in [5, 5.41) is 0. The molecule has 4 aliphatic carbocycles. The molecule has 0 unspecified atom stereocenters. The first-order valence-corrected chi connectivity index (χ1v) is 18.5. The summed E-state index contributed by atoms with van der Waals surface area (Å²) in [7, 11) is 0. The fourth-order valence-electron chi connectivity index (χ4n) is 5.28. The number of rotatable bonds is 0. The van der Waals surface area contributed by atoms with E-state index >= 15 is 0 Å². The Hall–Kier alpha value is -9.96. The molecule has 10 rings (SSSR count). The van der Waals surface area contributed by atoms with Crippen molar-refractivity contribution in [1.29, 1.82) is 0 Å². The molecule has 0 N–H and O–H groups in total. The van der Waals surface area contributed by atoms with E-state index < -0.39 is 0 Å². The van der Waals surface area contributed by atoms with Crippen LogP contribution in [0.15, 0.2) is 146 Å². The summed E-state index contributed by atoms with van der Waals surface area (Å²) in [4.78, 5) is 0. The van der Waals surface area contributed by atoms with Gasteiger partial charge in [-0.3, -0.25) is 0 Å². The van der Waals surface area contributed by atoms with Gasteiger partial charge in [-0.15, -0.1) is 0 Å². The zero-order valence-corrected chi connectivity index (χ0v) is 31.9. The standard InChI is InChI=1S/C60H24/c1-2-6-10-22-54-26-14-18-30-58(54)46-42-50-37-39-52(40-38-50)44-48-60-32-20-16-28-56(60)24-12-8-4-3-7-11-23-55-27-15-19-31-59(55)47-43-51-35-33-49(34-36-51)41-45-57-29-17-13-25-53(57)21-9-5-1/h13-20,25-40H. The highest BCUT2D eigenvalue weighted by atomic mass is 14.0. The van der Waals surface area contributed by atoms with E-state index in [9.17, 15) is 0 Å². The SMILES string of the molecule is C1#CC#Cc2ccccc2C#Cc2ccc(cc2)C#Cc2ccccc2C#CC#CC#CC#Cc2ccccc2C#Cc2ccc(cc2)C#Cc2ccccc2C#CC#C1. The second-order valence-corrected chi connectivity index (χ2v) is 12.3. The van der Waals surface area contributed by atoms with Gasteiger partial charge in [0.05, 0.1) is 0 Å². The van der Waals surface area contributed by atoms with Crippen LogP contribution in [0.5, 0.6) is 0 Å². The number of hydrogen-bond donors (Lipinski definition) is 0. The minimum atomic E-state index is 0.776. The third-order valence-electron chi connectivity index (χ3n) is 8.26. The molecule has 0 fully saturated rings. The highest BCUT2D eigenvalue weighted by Gasteiger charge is 1.99. The Morgan fingerprint density at radius 3 is 0.517 bits per heavy atom. The quantitative estimate of drug-likeness (QED) is 0.137. The van der Waals surface area contributed by atoms with Crippen LogP contribution in [-0.2, 0) is 0 Å². The van der Waals surface area contributed by atoms with Crippen molar-refractivity contribution in [2.24, 2.45) is 0 Å². The van der Waals surface area contributed by atoms with E-state index in [0.717, 1.165) is 66.8 Å². The lowest BCUT2D eigenvalue weighted by atomic mass is 10.1. The second-order valence-electron chi connectivity index (χ2n) is 12.3. The Balaban J connectivity index is 1.19. The lowest BCUT2D eigenvalue weighted by molar-refractivity contribution is 1.56. The number of benzene rings is 6. The van der Waals surface area contributed by atoms with Crippen LogP contribution in [0.4, 0.5) is 0 Å². The van der Waals surface area contributed by atoms with Crippen LogP contribution in [0.1, 0.15) is 66.8 Å². The lowest BCUT2D eigenvalue weighted by Gasteiger charge is -1.96. The third kappa shape index (κ3) is 11.5. The molecule has 0 saturated heterocycles. The van der Waals surface area contributed by atoms with Crippen LogP contribution in [0.3, 0.4) is 0 Å². The van der Waals surface area contributed by atoms with Crippen molar-refractivity contribution in [3.63, 3.8) is 0 Å². The maximum absolute atomic E-state index is 3.23. The molecule has 4 aliphatic rings. The monoisotopic (exact) mass is 744 g/mol. The molecule has 0 atom stereocenters. The molecule has 0 amide bonds. The molecule has 0 heterocycles. The van der Waals surface area contributed by atoms with E-state index in [1.54, 1.807) is 0 Å². The first-order chi connectivity index (χ1) is 29.8. The van der Waals surface area contributed by atoms with Gasteiger partial charge >= 0.3 is 0 Å². The Morgan fingerprint density at radius 2 is 0.317 bits per heavy atom. The van der Waals surface area contributed by atoms with E-state index in [1.807, 2.05) is 146 Å². The van der Waals surface area contributed by atoms with Gasteiger partial charge in [0.25, 0.3) is 0 Å². The van der Waals surface area contributed by atoms with Crippen molar-refractivity contribution >= 4 is 0 Å². The van der Waals surface area contributed by atoms with Crippen LogP contribution in [0.2, 0.25) is 0 Å². The summed E-state index contributed by atoms with van der Waals surface area (Å²) >= 11 is 0. The summed E-state index contributed by atoms with van der Waals surface area (Å²) in [6, 6.07) is 46.4. The molecule has 60 heavy (non-hydrogen) atoms. The molecule has 0 aromatic heterocycles. The van der Waals surface area contributed by atoms with Gasteiger partial charge in [0.15, 0.2) is 0 Å². The highest BCUT2D eigenvalue weighted by Crippen LogP contribution is 2.11. The molecule has 6 aromatic carbocycles. The molecule has 0 radical (unpaired) electrons. The van der Waals surface area contributed by atoms with Gasteiger partial charge in [-0.05, 0) is 168 Å². The first-order valence-electron chi connectivity index (χ1n) is 18.5. The van der Waals surface area contributed by atoms with Crippen LogP contribution in [-0.4, -0.2) is 0 Å². The van der Waals surface area contributed by atoms with Crippen LogP contribution >= 0.6 is 0 Å². The smallest absolute Gasteiger partial charge is 0.0412 e. The van der Waals surface area contributed by atoms with Crippen molar-refractivity contribution in [1.82, 2.24) is 0 Å². The summed E-state index contributed by atoms with van der Waals surface area (Å²) in [6.45, 7) is 0. The molecule has 0 heteroatoms. The Kier molecular flexibility index (Phi) is 13.2. The average Bonchev–Trinajstić information content (AvgIpc) is 3.29. The Bertz CT molecular complexity index is 2990. The van der Waals surface area contributed by atoms with Gasteiger partial charge in [0.2, 0.25) is 0 Å². The highest BCUT2D eigenvalue weighted by molar-refractivity contribution is 5.59. The zero-order chi connectivity index (χ0) is 40.9. The molecular weight excluding hydrogens is 721 g/mol. The fourth-order valence-corrected chi connectivity index (χ4v) is 5.28. The van der Waals surface area contributed by atoms with Crippen molar-refractivity contribution in [2.75, 3.05) is 0 Å². The predicted molar refractivity (Wildman–Crippen MR) is 241 cm³/mol. The van der Waals surface area contributed by atoms with E-state index in [-0.39, 0.29) is 0 Å². The maximum atomic E-state index is 3.23. The van der Waals surface area contributed by atoms with Gasteiger partial charge in [-0.2, -0.15) is 0 Å². The van der Waals surface area contributed by atoms with Crippen molar-refractivity contribution < 1.29 is 0 Å². The van der Waals surface area contributed by atoms with Crippen LogP contribution in [0.25, 0.3) is 0 Å². The second kappa shape index (κ2) is 20.6. The summed E-state index contributed by atoms with van der Waals surface area (Å²) in [5.41, 5.74) is 9.72. The van der Waals surface area contributed by atoms with Crippen molar-refractivity contribution in [2.45, 2.75) is 0 Å². The average molecular weight is 745 g/mol. The van der Waals surface area contributed by atoms with E-state index in [4.69, 9.17) is 0 Å². The largest absolute Gasteiger partial charge is 0.0616 e. The fraction of sp³-hybridized carbons (Fsp3) is 0. The van der Waals surface area contributed by atoms with Crippen molar-refractivity contribution in [3.8, 4) is 142 Å². The molecular formula is C60H24.